The Kier molecular flexibility index (Phi) is 4.13. The van der Waals surface area contributed by atoms with Gasteiger partial charge in [0.1, 0.15) is 11.5 Å². The van der Waals surface area contributed by atoms with Crippen LogP contribution in [0.4, 0.5) is 0 Å². The molecule has 21 heavy (non-hydrogen) atoms. The zero-order valence-corrected chi connectivity index (χ0v) is 13.1. The Hall–Kier alpha value is -1.76. The number of benzene rings is 1. The summed E-state index contributed by atoms with van der Waals surface area (Å²) in [5, 5.41) is 2.80. The van der Waals surface area contributed by atoms with Gasteiger partial charge in [0.15, 0.2) is 9.84 Å². The van der Waals surface area contributed by atoms with Gasteiger partial charge >= 0.3 is 0 Å². The number of carbonyl (C=O) groups excluding carboxylic acids is 1. The number of hydrogen-bond acceptors (Lipinski definition) is 5. The van der Waals surface area contributed by atoms with Crippen LogP contribution >= 0.6 is 0 Å². The zero-order chi connectivity index (χ0) is 15.7. The van der Waals surface area contributed by atoms with Crippen molar-refractivity contribution >= 4 is 15.7 Å². The van der Waals surface area contributed by atoms with Crippen LogP contribution in [0.3, 0.4) is 0 Å². The number of amides is 1. The van der Waals surface area contributed by atoms with Crippen molar-refractivity contribution in [3.8, 4) is 11.5 Å². The minimum absolute atomic E-state index is 0.0349. The van der Waals surface area contributed by atoms with Crippen LogP contribution in [0, 0.1) is 0 Å². The van der Waals surface area contributed by atoms with Crippen molar-refractivity contribution in [2.24, 2.45) is 0 Å². The highest BCUT2D eigenvalue weighted by Gasteiger charge is 2.39. The summed E-state index contributed by atoms with van der Waals surface area (Å²) in [4.78, 5) is 12.3. The molecule has 116 valence electrons. The average Bonchev–Trinajstić information content (AvgIpc) is 2.71. The van der Waals surface area contributed by atoms with E-state index in [2.05, 4.69) is 5.32 Å². The van der Waals surface area contributed by atoms with Crippen molar-refractivity contribution in [2.45, 2.75) is 18.9 Å². The molecule has 0 aromatic heterocycles. The first-order chi connectivity index (χ1) is 9.77. The maximum Gasteiger partial charge on any atom is 0.252 e. The smallest absolute Gasteiger partial charge is 0.252 e. The second-order valence-corrected chi connectivity index (χ2v) is 7.64. The number of rotatable bonds is 4. The summed E-state index contributed by atoms with van der Waals surface area (Å²) in [6.07, 6.45) is 0.419. The molecule has 2 rings (SSSR count). The first-order valence-corrected chi connectivity index (χ1v) is 8.35. The molecular weight excluding hydrogens is 294 g/mol. The van der Waals surface area contributed by atoms with Crippen LogP contribution in [-0.4, -0.2) is 45.6 Å². The Morgan fingerprint density at radius 3 is 2.19 bits per heavy atom. The van der Waals surface area contributed by atoms with Gasteiger partial charge in [-0.3, -0.25) is 4.79 Å². The molecule has 1 N–H and O–H groups in total. The highest BCUT2D eigenvalue weighted by Crippen LogP contribution is 2.26. The fourth-order valence-electron chi connectivity index (χ4n) is 2.39. The predicted octanol–water partition coefficient (Wildman–Crippen LogP) is 1.01. The van der Waals surface area contributed by atoms with Gasteiger partial charge in [-0.25, -0.2) is 8.42 Å². The molecule has 0 spiro atoms. The van der Waals surface area contributed by atoms with Crippen LogP contribution in [0.2, 0.25) is 0 Å². The standard InChI is InChI=1S/C14H19NO5S/c1-14(4-5-21(17,18)9-14)15-13(16)10-6-11(19-2)8-12(7-10)20-3/h6-8H,4-5,9H2,1-3H3,(H,15,16)/t14-/m0/s1. The summed E-state index contributed by atoms with van der Waals surface area (Å²) in [6.45, 7) is 1.74. The first-order valence-electron chi connectivity index (χ1n) is 6.53. The topological polar surface area (TPSA) is 81.7 Å². The molecule has 1 saturated heterocycles. The maximum atomic E-state index is 12.3. The molecule has 6 nitrogen and oxygen atoms in total. The fraction of sp³-hybridized carbons (Fsp3) is 0.500. The lowest BCUT2D eigenvalue weighted by atomic mass is 10.0. The van der Waals surface area contributed by atoms with Gasteiger partial charge in [-0.15, -0.1) is 0 Å². The van der Waals surface area contributed by atoms with E-state index >= 15 is 0 Å². The third kappa shape index (κ3) is 3.66. The van der Waals surface area contributed by atoms with Crippen LogP contribution < -0.4 is 14.8 Å². The number of hydrogen-bond donors (Lipinski definition) is 1. The summed E-state index contributed by atoms with van der Waals surface area (Å²) >= 11 is 0. The lowest BCUT2D eigenvalue weighted by Gasteiger charge is -2.24. The molecule has 1 aliphatic rings. The largest absolute Gasteiger partial charge is 0.497 e. The van der Waals surface area contributed by atoms with Crippen LogP contribution in [0.1, 0.15) is 23.7 Å². The molecule has 7 heteroatoms. The van der Waals surface area contributed by atoms with Crippen molar-refractivity contribution in [2.75, 3.05) is 25.7 Å². The number of carbonyl (C=O) groups is 1. The van der Waals surface area contributed by atoms with Crippen molar-refractivity contribution < 1.29 is 22.7 Å². The van der Waals surface area contributed by atoms with Gasteiger partial charge in [-0.2, -0.15) is 0 Å². The van der Waals surface area contributed by atoms with Gasteiger partial charge in [0.2, 0.25) is 0 Å². The monoisotopic (exact) mass is 313 g/mol. The molecule has 1 aromatic carbocycles. The van der Waals surface area contributed by atoms with Gasteiger partial charge in [-0.05, 0) is 25.5 Å². The van der Waals surface area contributed by atoms with Crippen molar-refractivity contribution in [1.29, 1.82) is 0 Å². The van der Waals surface area contributed by atoms with Crippen molar-refractivity contribution in [3.05, 3.63) is 23.8 Å². The molecular formula is C14H19NO5S. The molecule has 1 amide bonds. The average molecular weight is 313 g/mol. The second kappa shape index (κ2) is 5.55. The van der Waals surface area contributed by atoms with E-state index < -0.39 is 15.4 Å². The minimum atomic E-state index is -3.07. The van der Waals surface area contributed by atoms with Gasteiger partial charge in [0.25, 0.3) is 5.91 Å². The normalized spacial score (nSPS) is 23.6. The van der Waals surface area contributed by atoms with E-state index in [1.54, 1.807) is 25.1 Å². The van der Waals surface area contributed by atoms with E-state index in [1.165, 1.54) is 14.2 Å². The van der Waals surface area contributed by atoms with Crippen LogP contribution in [-0.2, 0) is 9.84 Å². The number of nitrogens with one attached hydrogen (secondary N) is 1. The fourth-order valence-corrected chi connectivity index (χ4v) is 4.49. The second-order valence-electron chi connectivity index (χ2n) is 5.46. The first kappa shape index (κ1) is 15.6. The Bertz CT molecular complexity index is 633. The third-order valence-corrected chi connectivity index (χ3v) is 5.44. The molecule has 1 fully saturated rings. The Morgan fingerprint density at radius 1 is 1.19 bits per heavy atom. The van der Waals surface area contributed by atoms with Crippen molar-refractivity contribution in [1.82, 2.24) is 5.32 Å². The van der Waals surface area contributed by atoms with Gasteiger partial charge in [0, 0.05) is 11.6 Å². The number of ether oxygens (including phenoxy) is 2. The van der Waals surface area contributed by atoms with Crippen LogP contribution in [0.15, 0.2) is 18.2 Å². The van der Waals surface area contributed by atoms with Gasteiger partial charge in [0.05, 0.1) is 31.3 Å². The quantitative estimate of drug-likeness (QED) is 0.897. The maximum absolute atomic E-state index is 12.3. The summed E-state index contributed by atoms with van der Waals surface area (Å²) < 4.78 is 33.4. The van der Waals surface area contributed by atoms with Gasteiger partial charge in [-0.1, -0.05) is 0 Å². The third-order valence-electron chi connectivity index (χ3n) is 3.53. The molecule has 1 aliphatic heterocycles. The van der Waals surface area contributed by atoms with Crippen LogP contribution in [0.25, 0.3) is 0 Å². The Morgan fingerprint density at radius 2 is 1.76 bits per heavy atom. The lowest BCUT2D eigenvalue weighted by molar-refractivity contribution is 0.0914. The van der Waals surface area contributed by atoms with E-state index in [0.29, 0.717) is 23.5 Å². The van der Waals surface area contributed by atoms with E-state index in [9.17, 15) is 13.2 Å². The molecule has 0 radical (unpaired) electrons. The van der Waals surface area contributed by atoms with E-state index in [-0.39, 0.29) is 17.4 Å². The van der Waals surface area contributed by atoms with E-state index in [1.807, 2.05) is 0 Å². The molecule has 1 heterocycles. The highest BCUT2D eigenvalue weighted by atomic mass is 32.2. The van der Waals surface area contributed by atoms with Gasteiger partial charge < -0.3 is 14.8 Å². The minimum Gasteiger partial charge on any atom is -0.497 e. The lowest BCUT2D eigenvalue weighted by Crippen LogP contribution is -2.46. The highest BCUT2D eigenvalue weighted by molar-refractivity contribution is 7.91. The SMILES string of the molecule is COc1cc(OC)cc(C(=O)N[C@@]2(C)CCS(=O)(=O)C2)c1. The number of sulfone groups is 1. The molecule has 1 atom stereocenters. The summed E-state index contributed by atoms with van der Waals surface area (Å²) in [5.41, 5.74) is -0.358. The summed E-state index contributed by atoms with van der Waals surface area (Å²) in [5.74, 6) is 0.733. The van der Waals surface area contributed by atoms with E-state index in [0.717, 1.165) is 0 Å². The molecule has 1 aromatic rings. The van der Waals surface area contributed by atoms with E-state index in [4.69, 9.17) is 9.47 Å². The Balaban J connectivity index is 2.21. The molecule has 0 aliphatic carbocycles. The van der Waals surface area contributed by atoms with Crippen LogP contribution in [0.5, 0.6) is 11.5 Å². The summed E-state index contributed by atoms with van der Waals surface area (Å²) in [7, 11) is -0.0689. The number of methoxy groups -OCH3 is 2. The molecule has 0 bridgehead atoms. The molecule has 0 saturated carbocycles. The predicted molar refractivity (Wildman–Crippen MR) is 78.7 cm³/mol. The summed E-state index contributed by atoms with van der Waals surface area (Å²) in [6, 6.07) is 4.84. The van der Waals surface area contributed by atoms with Crippen molar-refractivity contribution in [3.63, 3.8) is 0 Å². The molecule has 0 unspecified atom stereocenters. The zero-order valence-electron chi connectivity index (χ0n) is 12.3. The Labute approximate surface area is 124 Å².